The molecule has 190 valence electrons. The van der Waals surface area contributed by atoms with E-state index in [9.17, 15) is 27.9 Å². The van der Waals surface area contributed by atoms with Crippen LogP contribution in [0.3, 0.4) is 0 Å². The molecule has 2 amide bonds. The molecule has 1 aromatic heterocycles. The highest BCUT2D eigenvalue weighted by molar-refractivity contribution is 5.99. The van der Waals surface area contributed by atoms with Gasteiger partial charge in [0.15, 0.2) is 0 Å². The fourth-order valence-corrected chi connectivity index (χ4v) is 3.50. The summed E-state index contributed by atoms with van der Waals surface area (Å²) in [6.45, 7) is 1.82. The Labute approximate surface area is 206 Å². The number of benzene rings is 2. The molecule has 3 N–H and O–H groups in total. The molecule has 1 heterocycles. The Kier molecular flexibility index (Phi) is 9.02. The number of aromatic nitrogens is 1. The quantitative estimate of drug-likeness (QED) is 0.390. The zero-order chi connectivity index (χ0) is 26.1. The number of aryl methyl sites for hydroxylation is 1. The van der Waals surface area contributed by atoms with Gasteiger partial charge in [-0.25, -0.2) is 0 Å². The number of hydrogen-bond acceptors (Lipinski definition) is 5. The number of aliphatic hydroxyl groups excluding tert-OH is 1. The van der Waals surface area contributed by atoms with Gasteiger partial charge in [0.25, 0.3) is 5.91 Å². The zero-order valence-corrected chi connectivity index (χ0v) is 19.5. The fourth-order valence-electron chi connectivity index (χ4n) is 3.50. The molecule has 3 rings (SSSR count). The van der Waals surface area contributed by atoms with Crippen molar-refractivity contribution in [3.63, 3.8) is 0 Å². The van der Waals surface area contributed by atoms with Crippen molar-refractivity contribution in [1.29, 1.82) is 0 Å². The maximum atomic E-state index is 12.6. The number of rotatable bonds is 10. The summed E-state index contributed by atoms with van der Waals surface area (Å²) < 4.78 is 41.2. The van der Waals surface area contributed by atoms with Gasteiger partial charge in [-0.2, -0.15) is 0 Å². The van der Waals surface area contributed by atoms with E-state index in [2.05, 4.69) is 20.4 Å². The van der Waals surface area contributed by atoms with Gasteiger partial charge in [-0.3, -0.25) is 14.6 Å². The molecular weight excluding hydrogens is 475 g/mol. The van der Waals surface area contributed by atoms with Crippen molar-refractivity contribution < 1.29 is 32.6 Å². The molecule has 0 aliphatic rings. The van der Waals surface area contributed by atoms with E-state index in [0.29, 0.717) is 16.7 Å². The first-order valence-corrected chi connectivity index (χ1v) is 11.2. The van der Waals surface area contributed by atoms with Gasteiger partial charge in [0.1, 0.15) is 11.4 Å². The molecular formula is C26H26F3N3O4. The summed E-state index contributed by atoms with van der Waals surface area (Å²) >= 11 is 0. The summed E-state index contributed by atoms with van der Waals surface area (Å²) in [5, 5.41) is 14.9. The molecule has 1 unspecified atom stereocenters. The van der Waals surface area contributed by atoms with Crippen molar-refractivity contribution in [1.82, 2.24) is 15.6 Å². The number of pyridine rings is 1. The zero-order valence-electron chi connectivity index (χ0n) is 19.5. The van der Waals surface area contributed by atoms with E-state index in [0.717, 1.165) is 5.56 Å². The Morgan fingerprint density at radius 2 is 1.78 bits per heavy atom. The van der Waals surface area contributed by atoms with Crippen LogP contribution in [0.25, 0.3) is 11.1 Å². The molecule has 2 aromatic carbocycles. The number of nitrogens with one attached hydrogen (secondary N) is 2. The number of ether oxygens (including phenoxy) is 1. The van der Waals surface area contributed by atoms with E-state index in [-0.39, 0.29) is 43.3 Å². The third kappa shape index (κ3) is 8.09. The first-order chi connectivity index (χ1) is 17.1. The molecule has 7 nitrogen and oxygen atoms in total. The van der Waals surface area contributed by atoms with Crippen LogP contribution in [-0.2, 0) is 17.8 Å². The Bertz CT molecular complexity index is 1200. The van der Waals surface area contributed by atoms with Crippen LogP contribution in [0.4, 0.5) is 13.2 Å². The molecule has 36 heavy (non-hydrogen) atoms. The molecule has 0 radical (unpaired) electrons. The number of carbonyl (C=O) groups is 2. The van der Waals surface area contributed by atoms with E-state index in [1.165, 1.54) is 24.4 Å². The third-order valence-electron chi connectivity index (χ3n) is 5.14. The summed E-state index contributed by atoms with van der Waals surface area (Å²) in [4.78, 5) is 29.3. The Hall–Kier alpha value is -3.92. The van der Waals surface area contributed by atoms with Crippen molar-refractivity contribution in [3.05, 3.63) is 83.7 Å². The second kappa shape index (κ2) is 12.2. The molecule has 1 atom stereocenters. The van der Waals surface area contributed by atoms with Crippen molar-refractivity contribution >= 4 is 11.8 Å². The smallest absolute Gasteiger partial charge is 0.406 e. The van der Waals surface area contributed by atoms with Gasteiger partial charge in [-0.15, -0.1) is 13.2 Å². The summed E-state index contributed by atoms with van der Waals surface area (Å²) in [6.07, 6.45) is -3.69. The standard InChI is InChI=1S/C26H26F3N3O4/c1-17(33)15-32-25(35)24-22(10-5-13-30-24)21-9-3-2-7-19(21)16-31-23(34)12-11-18-6-4-8-20(14-18)36-26(27,28)29/h2-10,13-14,17,33H,11-12,15-16H2,1H3,(H,31,34)(H,32,35). The lowest BCUT2D eigenvalue weighted by molar-refractivity contribution is -0.274. The molecule has 0 aliphatic carbocycles. The van der Waals surface area contributed by atoms with Gasteiger partial charge in [0, 0.05) is 31.3 Å². The van der Waals surface area contributed by atoms with Crippen LogP contribution < -0.4 is 15.4 Å². The van der Waals surface area contributed by atoms with Crippen molar-refractivity contribution in [2.45, 2.75) is 38.8 Å². The second-order valence-electron chi connectivity index (χ2n) is 8.09. The number of alkyl halides is 3. The fraction of sp³-hybridized carbons (Fsp3) is 0.269. The van der Waals surface area contributed by atoms with Crippen LogP contribution in [0.1, 0.15) is 35.0 Å². The molecule has 0 bridgehead atoms. The lowest BCUT2D eigenvalue weighted by Crippen LogP contribution is -2.31. The highest BCUT2D eigenvalue weighted by Gasteiger charge is 2.31. The normalized spacial score (nSPS) is 12.0. The highest BCUT2D eigenvalue weighted by atomic mass is 19.4. The summed E-state index contributed by atoms with van der Waals surface area (Å²) in [5.74, 6) is -1.05. The van der Waals surface area contributed by atoms with Gasteiger partial charge in [-0.05, 0) is 48.2 Å². The lowest BCUT2D eigenvalue weighted by atomic mass is 9.97. The van der Waals surface area contributed by atoms with Crippen LogP contribution in [-0.4, -0.2) is 40.9 Å². The van der Waals surface area contributed by atoms with E-state index < -0.39 is 18.4 Å². The SMILES string of the molecule is CC(O)CNC(=O)c1ncccc1-c1ccccc1CNC(=O)CCc1cccc(OC(F)(F)F)c1. The number of carbonyl (C=O) groups excluding carboxylic acids is 2. The summed E-state index contributed by atoms with van der Waals surface area (Å²) in [7, 11) is 0. The minimum Gasteiger partial charge on any atom is -0.406 e. The minimum absolute atomic E-state index is 0.0670. The largest absolute Gasteiger partial charge is 0.573 e. The van der Waals surface area contributed by atoms with E-state index >= 15 is 0 Å². The van der Waals surface area contributed by atoms with Crippen LogP contribution in [0.15, 0.2) is 66.9 Å². The van der Waals surface area contributed by atoms with Gasteiger partial charge < -0.3 is 20.5 Å². The second-order valence-corrected chi connectivity index (χ2v) is 8.09. The summed E-state index contributed by atoms with van der Waals surface area (Å²) in [6, 6.07) is 16.2. The molecule has 0 saturated heterocycles. The van der Waals surface area contributed by atoms with E-state index in [1.807, 2.05) is 12.1 Å². The Balaban J connectivity index is 1.65. The first-order valence-electron chi connectivity index (χ1n) is 11.2. The van der Waals surface area contributed by atoms with Gasteiger partial charge in [0.05, 0.1) is 6.10 Å². The Morgan fingerprint density at radius 1 is 1.03 bits per heavy atom. The molecule has 0 saturated carbocycles. The predicted molar refractivity (Wildman–Crippen MR) is 127 cm³/mol. The average Bonchev–Trinajstić information content (AvgIpc) is 2.84. The average molecular weight is 502 g/mol. The first kappa shape index (κ1) is 26.7. The number of amides is 2. The van der Waals surface area contributed by atoms with Crippen LogP contribution >= 0.6 is 0 Å². The molecule has 0 spiro atoms. The Morgan fingerprint density at radius 3 is 2.53 bits per heavy atom. The van der Waals surface area contributed by atoms with Crippen LogP contribution in [0, 0.1) is 0 Å². The lowest BCUT2D eigenvalue weighted by Gasteiger charge is -2.14. The number of aliphatic hydroxyl groups is 1. The highest BCUT2D eigenvalue weighted by Crippen LogP contribution is 2.26. The number of halogens is 3. The van der Waals surface area contributed by atoms with Crippen LogP contribution in [0.2, 0.25) is 0 Å². The van der Waals surface area contributed by atoms with Crippen molar-refractivity contribution in [2.24, 2.45) is 0 Å². The molecule has 10 heteroatoms. The maximum absolute atomic E-state index is 12.6. The summed E-state index contributed by atoms with van der Waals surface area (Å²) in [5.41, 5.74) is 2.77. The van der Waals surface area contributed by atoms with Gasteiger partial charge in [-0.1, -0.05) is 42.5 Å². The third-order valence-corrected chi connectivity index (χ3v) is 5.14. The maximum Gasteiger partial charge on any atom is 0.573 e. The topological polar surface area (TPSA) is 101 Å². The molecule has 0 aliphatic heterocycles. The van der Waals surface area contributed by atoms with Gasteiger partial charge >= 0.3 is 6.36 Å². The van der Waals surface area contributed by atoms with E-state index in [1.54, 1.807) is 37.3 Å². The van der Waals surface area contributed by atoms with Crippen LogP contribution in [0.5, 0.6) is 5.75 Å². The van der Waals surface area contributed by atoms with Gasteiger partial charge in [0.2, 0.25) is 5.91 Å². The predicted octanol–water partition coefficient (Wildman–Crippen LogP) is 4.01. The van der Waals surface area contributed by atoms with Crippen molar-refractivity contribution in [3.8, 4) is 16.9 Å². The minimum atomic E-state index is -4.78. The van der Waals surface area contributed by atoms with Crippen molar-refractivity contribution in [2.75, 3.05) is 6.54 Å². The molecule has 3 aromatic rings. The van der Waals surface area contributed by atoms with E-state index in [4.69, 9.17) is 0 Å². The number of hydrogen-bond donors (Lipinski definition) is 3. The monoisotopic (exact) mass is 501 g/mol. The number of nitrogens with zero attached hydrogens (tertiary/aromatic N) is 1. The molecule has 0 fully saturated rings.